The Morgan fingerprint density at radius 3 is 2.61 bits per heavy atom. The van der Waals surface area contributed by atoms with Crippen molar-refractivity contribution >= 4 is 5.91 Å². The Morgan fingerprint density at radius 2 is 2.00 bits per heavy atom. The zero-order valence-corrected chi connectivity index (χ0v) is 9.63. The monoisotopic (exact) mass is 237 g/mol. The Kier molecular flexibility index (Phi) is 3.67. The molecule has 0 saturated heterocycles. The molecule has 0 saturated carbocycles. The van der Waals surface area contributed by atoms with Crippen LogP contribution in [0.25, 0.3) is 0 Å². The standard InChI is InChI=1S/C14H11N3O/c15-8-12-6-7-13(16-10-12)14(18)17-9-11-4-2-1-3-5-11/h1-7,10H,9H2,(H,17,18). The molecule has 2 aromatic rings. The average molecular weight is 237 g/mol. The molecular formula is C14H11N3O. The van der Waals surface area contributed by atoms with E-state index in [-0.39, 0.29) is 5.91 Å². The van der Waals surface area contributed by atoms with E-state index in [4.69, 9.17) is 5.26 Å². The number of carbonyl (C=O) groups excluding carboxylic acids is 1. The van der Waals surface area contributed by atoms with Crippen molar-refractivity contribution in [1.29, 1.82) is 5.26 Å². The van der Waals surface area contributed by atoms with Gasteiger partial charge in [-0.25, -0.2) is 4.98 Å². The predicted octanol–water partition coefficient (Wildman–Crippen LogP) is 1.88. The van der Waals surface area contributed by atoms with Gasteiger partial charge < -0.3 is 5.32 Å². The molecule has 0 radical (unpaired) electrons. The van der Waals surface area contributed by atoms with Gasteiger partial charge in [0.15, 0.2) is 0 Å². The van der Waals surface area contributed by atoms with Crippen LogP contribution in [0.3, 0.4) is 0 Å². The quantitative estimate of drug-likeness (QED) is 0.886. The van der Waals surface area contributed by atoms with Crippen LogP contribution in [0.2, 0.25) is 0 Å². The van der Waals surface area contributed by atoms with E-state index < -0.39 is 0 Å². The molecule has 0 unspecified atom stereocenters. The molecule has 1 N–H and O–H groups in total. The topological polar surface area (TPSA) is 65.8 Å². The highest BCUT2D eigenvalue weighted by Gasteiger charge is 2.06. The Balaban J connectivity index is 1.98. The van der Waals surface area contributed by atoms with E-state index >= 15 is 0 Å². The van der Waals surface area contributed by atoms with Crippen LogP contribution in [0.5, 0.6) is 0 Å². The number of hydrogen-bond donors (Lipinski definition) is 1. The normalized spacial score (nSPS) is 9.50. The highest BCUT2D eigenvalue weighted by atomic mass is 16.1. The van der Waals surface area contributed by atoms with Gasteiger partial charge in [-0.3, -0.25) is 4.79 Å². The van der Waals surface area contributed by atoms with Crippen molar-refractivity contribution in [2.45, 2.75) is 6.54 Å². The Hall–Kier alpha value is -2.67. The van der Waals surface area contributed by atoms with E-state index in [9.17, 15) is 4.79 Å². The first-order chi connectivity index (χ1) is 8.79. The number of nitrogens with one attached hydrogen (secondary N) is 1. The molecule has 0 bridgehead atoms. The minimum atomic E-state index is -0.247. The average Bonchev–Trinajstić information content (AvgIpc) is 2.46. The van der Waals surface area contributed by atoms with Gasteiger partial charge in [0, 0.05) is 12.7 Å². The maximum atomic E-state index is 11.8. The molecule has 1 amide bonds. The first-order valence-corrected chi connectivity index (χ1v) is 5.48. The van der Waals surface area contributed by atoms with Crippen molar-refractivity contribution in [3.05, 3.63) is 65.5 Å². The number of amides is 1. The van der Waals surface area contributed by atoms with Crippen LogP contribution in [0.15, 0.2) is 48.7 Å². The van der Waals surface area contributed by atoms with E-state index in [1.54, 1.807) is 12.1 Å². The molecular weight excluding hydrogens is 226 g/mol. The lowest BCUT2D eigenvalue weighted by molar-refractivity contribution is 0.0946. The zero-order chi connectivity index (χ0) is 12.8. The van der Waals surface area contributed by atoms with Crippen LogP contribution in [0.4, 0.5) is 0 Å². The maximum Gasteiger partial charge on any atom is 0.270 e. The second-order valence-corrected chi connectivity index (χ2v) is 3.71. The molecule has 0 atom stereocenters. The molecule has 18 heavy (non-hydrogen) atoms. The number of rotatable bonds is 3. The summed E-state index contributed by atoms with van der Waals surface area (Å²) in [5.74, 6) is -0.247. The largest absolute Gasteiger partial charge is 0.347 e. The summed E-state index contributed by atoms with van der Waals surface area (Å²) in [6.07, 6.45) is 1.39. The fourth-order valence-corrected chi connectivity index (χ4v) is 1.46. The van der Waals surface area contributed by atoms with Gasteiger partial charge in [0.05, 0.1) is 5.56 Å². The first kappa shape index (κ1) is 11.8. The van der Waals surface area contributed by atoms with Crippen LogP contribution in [-0.2, 0) is 6.54 Å². The third-order valence-electron chi connectivity index (χ3n) is 2.42. The summed E-state index contributed by atoms with van der Waals surface area (Å²) >= 11 is 0. The zero-order valence-electron chi connectivity index (χ0n) is 9.63. The lowest BCUT2D eigenvalue weighted by Crippen LogP contribution is -2.23. The molecule has 0 fully saturated rings. The van der Waals surface area contributed by atoms with Crippen molar-refractivity contribution in [2.24, 2.45) is 0 Å². The van der Waals surface area contributed by atoms with Gasteiger partial charge in [0.25, 0.3) is 5.91 Å². The second-order valence-electron chi connectivity index (χ2n) is 3.71. The van der Waals surface area contributed by atoms with Crippen molar-refractivity contribution in [3.8, 4) is 6.07 Å². The smallest absolute Gasteiger partial charge is 0.270 e. The summed E-state index contributed by atoms with van der Waals surface area (Å²) in [7, 11) is 0. The maximum absolute atomic E-state index is 11.8. The third-order valence-corrected chi connectivity index (χ3v) is 2.42. The van der Waals surface area contributed by atoms with Gasteiger partial charge in [-0.2, -0.15) is 5.26 Å². The second kappa shape index (κ2) is 5.60. The fourth-order valence-electron chi connectivity index (χ4n) is 1.46. The number of hydrogen-bond acceptors (Lipinski definition) is 3. The van der Waals surface area contributed by atoms with Crippen LogP contribution < -0.4 is 5.32 Å². The number of aromatic nitrogens is 1. The first-order valence-electron chi connectivity index (χ1n) is 5.48. The van der Waals surface area contributed by atoms with Gasteiger partial charge in [0.1, 0.15) is 11.8 Å². The van der Waals surface area contributed by atoms with E-state index in [0.717, 1.165) is 5.56 Å². The van der Waals surface area contributed by atoms with Gasteiger partial charge in [0.2, 0.25) is 0 Å². The summed E-state index contributed by atoms with van der Waals surface area (Å²) in [5.41, 5.74) is 1.78. The summed E-state index contributed by atoms with van der Waals surface area (Å²) < 4.78 is 0. The van der Waals surface area contributed by atoms with E-state index in [0.29, 0.717) is 17.8 Å². The highest BCUT2D eigenvalue weighted by molar-refractivity contribution is 5.92. The van der Waals surface area contributed by atoms with Crippen LogP contribution in [0.1, 0.15) is 21.6 Å². The Bertz CT molecular complexity index is 570. The number of benzene rings is 1. The van der Waals surface area contributed by atoms with E-state index in [1.807, 2.05) is 36.4 Å². The SMILES string of the molecule is N#Cc1ccc(C(=O)NCc2ccccc2)nc1. The molecule has 1 aromatic carbocycles. The number of pyridine rings is 1. The molecule has 4 nitrogen and oxygen atoms in total. The van der Waals surface area contributed by atoms with Gasteiger partial charge >= 0.3 is 0 Å². The molecule has 88 valence electrons. The van der Waals surface area contributed by atoms with Crippen molar-refractivity contribution < 1.29 is 4.79 Å². The molecule has 1 heterocycles. The summed E-state index contributed by atoms with van der Waals surface area (Å²) in [4.78, 5) is 15.7. The molecule has 0 aliphatic carbocycles. The fraction of sp³-hybridized carbons (Fsp3) is 0.0714. The number of nitrogens with zero attached hydrogens (tertiary/aromatic N) is 2. The predicted molar refractivity (Wildman–Crippen MR) is 66.6 cm³/mol. The third kappa shape index (κ3) is 2.92. The number of nitriles is 1. The lowest BCUT2D eigenvalue weighted by atomic mass is 10.2. The molecule has 4 heteroatoms. The summed E-state index contributed by atoms with van der Waals surface area (Å²) in [5, 5.41) is 11.4. The van der Waals surface area contributed by atoms with Gasteiger partial charge in [-0.05, 0) is 17.7 Å². The molecule has 0 aliphatic heterocycles. The summed E-state index contributed by atoms with van der Waals surface area (Å²) in [6, 6.07) is 14.7. The molecule has 2 rings (SSSR count). The minimum absolute atomic E-state index is 0.247. The van der Waals surface area contributed by atoms with Crippen LogP contribution in [-0.4, -0.2) is 10.9 Å². The Morgan fingerprint density at radius 1 is 1.22 bits per heavy atom. The lowest BCUT2D eigenvalue weighted by Gasteiger charge is -2.04. The van der Waals surface area contributed by atoms with Crippen LogP contribution >= 0.6 is 0 Å². The Labute approximate surface area is 105 Å². The van der Waals surface area contributed by atoms with Gasteiger partial charge in [-0.1, -0.05) is 30.3 Å². The molecule has 0 aliphatic rings. The highest BCUT2D eigenvalue weighted by Crippen LogP contribution is 2.01. The molecule has 0 spiro atoms. The number of carbonyl (C=O) groups is 1. The van der Waals surface area contributed by atoms with Gasteiger partial charge in [-0.15, -0.1) is 0 Å². The van der Waals surface area contributed by atoms with Crippen LogP contribution in [0, 0.1) is 11.3 Å². The van der Waals surface area contributed by atoms with Crippen molar-refractivity contribution in [1.82, 2.24) is 10.3 Å². The summed E-state index contributed by atoms with van der Waals surface area (Å²) in [6.45, 7) is 0.460. The van der Waals surface area contributed by atoms with E-state index in [1.165, 1.54) is 6.20 Å². The minimum Gasteiger partial charge on any atom is -0.347 e. The molecule has 1 aromatic heterocycles. The van der Waals surface area contributed by atoms with Crippen molar-refractivity contribution in [3.63, 3.8) is 0 Å². The van der Waals surface area contributed by atoms with E-state index in [2.05, 4.69) is 10.3 Å². The van der Waals surface area contributed by atoms with Crippen molar-refractivity contribution in [2.75, 3.05) is 0 Å².